The van der Waals surface area contributed by atoms with E-state index < -0.39 is 24.6 Å². The van der Waals surface area contributed by atoms with E-state index in [1.165, 1.54) is 0 Å². The molecule has 0 saturated heterocycles. The van der Waals surface area contributed by atoms with E-state index >= 15 is 0 Å². The van der Waals surface area contributed by atoms with Crippen LogP contribution >= 0.6 is 11.6 Å². The van der Waals surface area contributed by atoms with Crippen molar-refractivity contribution in [1.29, 1.82) is 0 Å². The van der Waals surface area contributed by atoms with Gasteiger partial charge in [0.25, 0.3) is 5.91 Å². The van der Waals surface area contributed by atoms with Crippen LogP contribution in [0.15, 0.2) is 28.8 Å². The van der Waals surface area contributed by atoms with Crippen molar-refractivity contribution >= 4 is 29.6 Å². The van der Waals surface area contributed by atoms with Gasteiger partial charge in [-0.25, -0.2) is 4.79 Å². The fourth-order valence-corrected chi connectivity index (χ4v) is 1.94. The van der Waals surface area contributed by atoms with Crippen molar-refractivity contribution < 1.29 is 28.4 Å². The standard InChI is InChI=1S/C16H16ClN3O6/c1-2-24-16(23)18-12(21)9-25-14(22)8-7-13-19-15(20-26-13)10-3-5-11(17)6-4-10/h3-6H,2,7-9H2,1H3,(H,18,21,23). The molecular weight excluding hydrogens is 366 g/mol. The molecule has 0 atom stereocenters. The highest BCUT2D eigenvalue weighted by Gasteiger charge is 2.14. The Labute approximate surface area is 153 Å². The van der Waals surface area contributed by atoms with Gasteiger partial charge in [-0.1, -0.05) is 16.8 Å². The van der Waals surface area contributed by atoms with Crippen molar-refractivity contribution in [3.8, 4) is 11.4 Å². The molecule has 0 aliphatic heterocycles. The number of ether oxygens (including phenoxy) is 2. The second-order valence-corrected chi connectivity index (χ2v) is 5.38. The fourth-order valence-electron chi connectivity index (χ4n) is 1.82. The number of carbonyl (C=O) groups excluding carboxylic acids is 3. The third kappa shape index (κ3) is 6.17. The van der Waals surface area contributed by atoms with E-state index in [1.54, 1.807) is 31.2 Å². The third-order valence-electron chi connectivity index (χ3n) is 2.99. The predicted octanol–water partition coefficient (Wildman–Crippen LogP) is 2.14. The van der Waals surface area contributed by atoms with E-state index in [2.05, 4.69) is 14.9 Å². The lowest BCUT2D eigenvalue weighted by Gasteiger charge is -2.05. The summed E-state index contributed by atoms with van der Waals surface area (Å²) in [4.78, 5) is 38.2. The second kappa shape index (κ2) is 9.52. The molecule has 0 unspecified atom stereocenters. The van der Waals surface area contributed by atoms with Crippen molar-refractivity contribution in [1.82, 2.24) is 15.5 Å². The van der Waals surface area contributed by atoms with Crippen LogP contribution < -0.4 is 5.32 Å². The largest absolute Gasteiger partial charge is 0.456 e. The number of alkyl carbamates (subject to hydrolysis) is 1. The molecule has 0 aliphatic rings. The lowest BCUT2D eigenvalue weighted by Crippen LogP contribution is -2.34. The summed E-state index contributed by atoms with van der Waals surface area (Å²) in [6.45, 7) is 1.14. The molecule has 0 radical (unpaired) electrons. The quantitative estimate of drug-likeness (QED) is 0.724. The Morgan fingerprint density at radius 3 is 2.62 bits per heavy atom. The van der Waals surface area contributed by atoms with Crippen molar-refractivity contribution in [2.75, 3.05) is 13.2 Å². The molecule has 1 N–H and O–H groups in total. The minimum Gasteiger partial charge on any atom is -0.456 e. The van der Waals surface area contributed by atoms with Gasteiger partial charge in [0.05, 0.1) is 13.0 Å². The molecule has 0 spiro atoms. The van der Waals surface area contributed by atoms with Gasteiger partial charge in [-0.05, 0) is 31.2 Å². The number of aromatic nitrogens is 2. The number of hydrogen-bond acceptors (Lipinski definition) is 8. The van der Waals surface area contributed by atoms with Crippen LogP contribution in [-0.2, 0) is 25.5 Å². The number of carbonyl (C=O) groups is 3. The normalized spacial score (nSPS) is 10.2. The van der Waals surface area contributed by atoms with Gasteiger partial charge >= 0.3 is 12.1 Å². The van der Waals surface area contributed by atoms with E-state index in [0.29, 0.717) is 10.8 Å². The summed E-state index contributed by atoms with van der Waals surface area (Å²) in [5, 5.41) is 6.32. The molecule has 10 heteroatoms. The Balaban J connectivity index is 1.75. The third-order valence-corrected chi connectivity index (χ3v) is 3.25. The number of imide groups is 1. The van der Waals surface area contributed by atoms with Crippen LogP contribution in [0.5, 0.6) is 0 Å². The van der Waals surface area contributed by atoms with Crippen LogP contribution in [0.3, 0.4) is 0 Å². The Bertz CT molecular complexity index is 775. The molecule has 2 aromatic rings. The minimum atomic E-state index is -0.894. The first-order valence-corrected chi connectivity index (χ1v) is 8.06. The summed E-state index contributed by atoms with van der Waals surface area (Å²) in [6.07, 6.45) is -0.803. The number of halogens is 1. The van der Waals surface area contributed by atoms with Crippen molar-refractivity contribution in [3.05, 3.63) is 35.2 Å². The number of rotatable bonds is 7. The number of benzene rings is 1. The molecule has 138 valence electrons. The predicted molar refractivity (Wildman–Crippen MR) is 89.2 cm³/mol. The lowest BCUT2D eigenvalue weighted by atomic mass is 10.2. The zero-order valence-electron chi connectivity index (χ0n) is 13.9. The molecule has 0 fully saturated rings. The van der Waals surface area contributed by atoms with Crippen LogP contribution in [0.25, 0.3) is 11.4 Å². The van der Waals surface area contributed by atoms with Crippen LogP contribution in [0, 0.1) is 0 Å². The first kappa shape index (κ1) is 19.4. The average molecular weight is 382 g/mol. The summed E-state index contributed by atoms with van der Waals surface area (Å²) in [7, 11) is 0. The summed E-state index contributed by atoms with van der Waals surface area (Å²) < 4.78 is 14.3. The van der Waals surface area contributed by atoms with Gasteiger partial charge in [0.2, 0.25) is 11.7 Å². The summed E-state index contributed by atoms with van der Waals surface area (Å²) in [6, 6.07) is 6.89. The molecule has 26 heavy (non-hydrogen) atoms. The molecule has 2 amide bonds. The van der Waals surface area contributed by atoms with Crippen molar-refractivity contribution in [3.63, 3.8) is 0 Å². The molecule has 1 heterocycles. The number of aryl methyl sites for hydroxylation is 1. The summed E-state index contributed by atoms with van der Waals surface area (Å²) >= 11 is 5.81. The van der Waals surface area contributed by atoms with Crippen molar-refractivity contribution in [2.24, 2.45) is 0 Å². The maximum absolute atomic E-state index is 11.6. The van der Waals surface area contributed by atoms with Gasteiger partial charge in [-0.2, -0.15) is 4.98 Å². The molecule has 0 aliphatic carbocycles. The zero-order chi connectivity index (χ0) is 18.9. The monoisotopic (exact) mass is 381 g/mol. The zero-order valence-corrected chi connectivity index (χ0v) is 14.6. The molecule has 9 nitrogen and oxygen atoms in total. The van der Waals surface area contributed by atoms with E-state index in [4.69, 9.17) is 20.9 Å². The Morgan fingerprint density at radius 1 is 1.19 bits per heavy atom. The molecule has 0 bridgehead atoms. The van der Waals surface area contributed by atoms with Crippen LogP contribution in [0.1, 0.15) is 19.2 Å². The smallest absolute Gasteiger partial charge is 0.413 e. The number of nitrogens with one attached hydrogen (secondary N) is 1. The molecule has 1 aromatic carbocycles. The summed E-state index contributed by atoms with van der Waals surface area (Å²) in [5.74, 6) is -0.795. The molecule has 0 saturated carbocycles. The number of amides is 2. The van der Waals surface area contributed by atoms with Crippen molar-refractivity contribution in [2.45, 2.75) is 19.8 Å². The van der Waals surface area contributed by atoms with Gasteiger partial charge in [0.1, 0.15) is 0 Å². The second-order valence-electron chi connectivity index (χ2n) is 4.95. The average Bonchev–Trinajstić information content (AvgIpc) is 3.08. The highest BCUT2D eigenvalue weighted by Crippen LogP contribution is 2.19. The fraction of sp³-hybridized carbons (Fsp3) is 0.312. The van der Waals surface area contributed by atoms with Gasteiger partial charge in [0.15, 0.2) is 6.61 Å². The summed E-state index contributed by atoms with van der Waals surface area (Å²) in [5.41, 5.74) is 0.725. The van der Waals surface area contributed by atoms with Gasteiger partial charge in [0, 0.05) is 17.0 Å². The van der Waals surface area contributed by atoms with E-state index in [9.17, 15) is 14.4 Å². The SMILES string of the molecule is CCOC(=O)NC(=O)COC(=O)CCc1nc(-c2ccc(Cl)cc2)no1. The van der Waals surface area contributed by atoms with E-state index in [1.807, 2.05) is 5.32 Å². The maximum atomic E-state index is 11.6. The topological polar surface area (TPSA) is 121 Å². The Morgan fingerprint density at radius 2 is 1.92 bits per heavy atom. The van der Waals surface area contributed by atoms with Gasteiger partial charge in [-0.3, -0.25) is 14.9 Å². The number of esters is 1. The van der Waals surface area contributed by atoms with E-state index in [0.717, 1.165) is 5.56 Å². The van der Waals surface area contributed by atoms with Gasteiger partial charge < -0.3 is 14.0 Å². The lowest BCUT2D eigenvalue weighted by molar-refractivity contribution is -0.148. The first-order chi connectivity index (χ1) is 12.5. The molecule has 1 aromatic heterocycles. The van der Waals surface area contributed by atoms with Gasteiger partial charge in [-0.15, -0.1) is 0 Å². The maximum Gasteiger partial charge on any atom is 0.413 e. The van der Waals surface area contributed by atoms with E-state index in [-0.39, 0.29) is 25.3 Å². The Hall–Kier alpha value is -2.94. The highest BCUT2D eigenvalue weighted by atomic mass is 35.5. The van der Waals surface area contributed by atoms with Crippen LogP contribution in [-0.4, -0.2) is 41.3 Å². The van der Waals surface area contributed by atoms with Crippen LogP contribution in [0.4, 0.5) is 4.79 Å². The molecular formula is C16H16ClN3O6. The Kier molecular flexibility index (Phi) is 7.10. The highest BCUT2D eigenvalue weighted by molar-refractivity contribution is 6.30. The van der Waals surface area contributed by atoms with Crippen LogP contribution in [0.2, 0.25) is 5.02 Å². The minimum absolute atomic E-state index is 0.0606. The number of hydrogen-bond donors (Lipinski definition) is 1. The molecule has 2 rings (SSSR count). The first-order valence-electron chi connectivity index (χ1n) is 7.68. The number of nitrogens with zero attached hydrogens (tertiary/aromatic N) is 2.